The molecular weight excluding hydrogens is 210 g/mol. The van der Waals surface area contributed by atoms with Crippen molar-refractivity contribution in [1.82, 2.24) is 4.90 Å². The molecule has 0 aromatic carbocycles. The predicted molar refractivity (Wildman–Crippen MR) is 58.2 cm³/mol. The number of aldehydes is 1. The van der Waals surface area contributed by atoms with Crippen LogP contribution in [-0.4, -0.2) is 49.7 Å². The van der Waals surface area contributed by atoms with E-state index < -0.39 is 12.2 Å². The Balaban J connectivity index is 2.38. The maximum Gasteiger partial charge on any atom is 0.410 e. The van der Waals surface area contributed by atoms with Crippen molar-refractivity contribution in [3.8, 4) is 0 Å². The van der Waals surface area contributed by atoms with E-state index in [4.69, 9.17) is 9.47 Å². The average molecular weight is 229 g/mol. The minimum absolute atomic E-state index is 0.327. The van der Waals surface area contributed by atoms with E-state index in [0.29, 0.717) is 44.9 Å². The summed E-state index contributed by atoms with van der Waals surface area (Å²) < 4.78 is 10.2. The van der Waals surface area contributed by atoms with Gasteiger partial charge in [-0.15, -0.1) is 0 Å². The third kappa shape index (κ3) is 4.18. The molecule has 0 aliphatic carbocycles. The van der Waals surface area contributed by atoms with Gasteiger partial charge in [-0.2, -0.15) is 0 Å². The number of amides is 1. The fraction of sp³-hybridized carbons (Fsp3) is 0.818. The predicted octanol–water partition coefficient (Wildman–Crippen LogP) is 1.07. The Hall–Kier alpha value is -1.10. The number of rotatable bonds is 4. The maximum absolute atomic E-state index is 11.6. The van der Waals surface area contributed by atoms with Crippen molar-refractivity contribution < 1.29 is 19.1 Å². The van der Waals surface area contributed by atoms with Crippen molar-refractivity contribution in [1.29, 1.82) is 0 Å². The zero-order valence-corrected chi connectivity index (χ0v) is 9.85. The van der Waals surface area contributed by atoms with Crippen molar-refractivity contribution in [2.24, 2.45) is 5.92 Å². The summed E-state index contributed by atoms with van der Waals surface area (Å²) >= 11 is 0. The van der Waals surface area contributed by atoms with Gasteiger partial charge in [-0.3, -0.25) is 4.79 Å². The average Bonchev–Trinajstić information content (AvgIpc) is 2.28. The number of morpholine rings is 1. The van der Waals surface area contributed by atoms with Crippen molar-refractivity contribution >= 4 is 12.4 Å². The van der Waals surface area contributed by atoms with Gasteiger partial charge in [0, 0.05) is 13.1 Å². The second-order valence-corrected chi connectivity index (χ2v) is 4.29. The van der Waals surface area contributed by atoms with E-state index in [-0.39, 0.29) is 0 Å². The zero-order valence-electron chi connectivity index (χ0n) is 9.85. The largest absolute Gasteiger partial charge is 0.438 e. The lowest BCUT2D eigenvalue weighted by molar-refractivity contribution is -0.116. The first-order valence-electron chi connectivity index (χ1n) is 5.62. The number of ether oxygens (including phenoxy) is 2. The summed E-state index contributed by atoms with van der Waals surface area (Å²) in [5.41, 5.74) is 0. The minimum atomic E-state index is -0.629. The molecule has 16 heavy (non-hydrogen) atoms. The van der Waals surface area contributed by atoms with E-state index in [9.17, 15) is 9.59 Å². The number of hydrogen-bond acceptors (Lipinski definition) is 4. The van der Waals surface area contributed by atoms with Crippen LogP contribution in [0.2, 0.25) is 0 Å². The fourth-order valence-corrected chi connectivity index (χ4v) is 1.55. The van der Waals surface area contributed by atoms with Gasteiger partial charge in [0.25, 0.3) is 0 Å². The van der Waals surface area contributed by atoms with Gasteiger partial charge in [-0.25, -0.2) is 4.79 Å². The van der Waals surface area contributed by atoms with Gasteiger partial charge in [-0.05, 0) is 12.3 Å². The van der Waals surface area contributed by atoms with Crippen LogP contribution in [0.3, 0.4) is 0 Å². The highest BCUT2D eigenvalue weighted by Gasteiger charge is 2.22. The van der Waals surface area contributed by atoms with Gasteiger partial charge in [-0.1, -0.05) is 13.8 Å². The van der Waals surface area contributed by atoms with Crippen molar-refractivity contribution in [2.75, 3.05) is 26.3 Å². The molecular formula is C11H19NO4. The molecule has 1 heterocycles. The summed E-state index contributed by atoms with van der Waals surface area (Å²) in [4.78, 5) is 23.9. The third-order valence-corrected chi connectivity index (χ3v) is 2.38. The van der Waals surface area contributed by atoms with Crippen LogP contribution in [0.1, 0.15) is 20.3 Å². The van der Waals surface area contributed by atoms with Crippen LogP contribution in [0.4, 0.5) is 4.79 Å². The third-order valence-electron chi connectivity index (χ3n) is 2.38. The summed E-state index contributed by atoms with van der Waals surface area (Å²) in [7, 11) is 0. The van der Waals surface area contributed by atoms with Gasteiger partial charge in [0.05, 0.1) is 13.2 Å². The van der Waals surface area contributed by atoms with Crippen molar-refractivity contribution in [3.63, 3.8) is 0 Å². The molecule has 0 aromatic heterocycles. The quantitative estimate of drug-likeness (QED) is 0.677. The highest BCUT2D eigenvalue weighted by Crippen LogP contribution is 2.09. The van der Waals surface area contributed by atoms with Gasteiger partial charge in [0.15, 0.2) is 12.4 Å². The fourth-order valence-electron chi connectivity index (χ4n) is 1.55. The maximum atomic E-state index is 11.6. The normalized spacial score (nSPS) is 18.3. The molecule has 0 bridgehead atoms. The standard InChI is InChI=1S/C11H19NO4/c1-9(2)7-10(8-13)16-11(14)12-3-5-15-6-4-12/h8-10H,3-7H2,1-2H3. The van der Waals surface area contributed by atoms with Crippen LogP contribution < -0.4 is 0 Å². The van der Waals surface area contributed by atoms with Crippen LogP contribution in [0.5, 0.6) is 0 Å². The Morgan fingerprint density at radius 2 is 2.06 bits per heavy atom. The van der Waals surface area contributed by atoms with Gasteiger partial charge >= 0.3 is 6.09 Å². The van der Waals surface area contributed by atoms with Crippen LogP contribution in [0.15, 0.2) is 0 Å². The molecule has 1 saturated heterocycles. The minimum Gasteiger partial charge on any atom is -0.438 e. The van der Waals surface area contributed by atoms with E-state index in [0.717, 1.165) is 0 Å². The highest BCUT2D eigenvalue weighted by atomic mass is 16.6. The van der Waals surface area contributed by atoms with E-state index in [1.54, 1.807) is 4.90 Å². The lowest BCUT2D eigenvalue weighted by Crippen LogP contribution is -2.42. The first-order chi connectivity index (χ1) is 7.63. The molecule has 5 heteroatoms. The van der Waals surface area contributed by atoms with Crippen LogP contribution in [0.25, 0.3) is 0 Å². The van der Waals surface area contributed by atoms with Gasteiger partial charge in [0.2, 0.25) is 0 Å². The molecule has 0 spiro atoms. The molecule has 0 N–H and O–H groups in total. The molecule has 0 radical (unpaired) electrons. The van der Waals surface area contributed by atoms with Gasteiger partial charge < -0.3 is 14.4 Å². The van der Waals surface area contributed by atoms with E-state index >= 15 is 0 Å². The topological polar surface area (TPSA) is 55.8 Å². The van der Waals surface area contributed by atoms with Gasteiger partial charge in [0.1, 0.15) is 0 Å². The smallest absolute Gasteiger partial charge is 0.410 e. The summed E-state index contributed by atoms with van der Waals surface area (Å²) in [6, 6.07) is 0. The first-order valence-corrected chi connectivity index (χ1v) is 5.62. The molecule has 1 rings (SSSR count). The van der Waals surface area contributed by atoms with Crippen LogP contribution in [0, 0.1) is 5.92 Å². The Labute approximate surface area is 95.7 Å². The summed E-state index contributed by atoms with van der Waals surface area (Å²) in [5, 5.41) is 0. The van der Waals surface area contributed by atoms with E-state index in [1.165, 1.54) is 0 Å². The lowest BCUT2D eigenvalue weighted by atomic mass is 10.1. The summed E-state index contributed by atoms with van der Waals surface area (Å²) in [6.07, 6.45) is 0.217. The number of carbonyl (C=O) groups is 2. The molecule has 1 fully saturated rings. The van der Waals surface area contributed by atoms with Crippen molar-refractivity contribution in [3.05, 3.63) is 0 Å². The molecule has 1 unspecified atom stereocenters. The molecule has 5 nitrogen and oxygen atoms in total. The monoisotopic (exact) mass is 229 g/mol. The summed E-state index contributed by atoms with van der Waals surface area (Å²) in [6.45, 7) is 6.10. The van der Waals surface area contributed by atoms with Crippen molar-refractivity contribution in [2.45, 2.75) is 26.4 Å². The number of carbonyl (C=O) groups excluding carboxylic acids is 2. The van der Waals surface area contributed by atoms with Crippen LogP contribution in [-0.2, 0) is 14.3 Å². The van der Waals surface area contributed by atoms with E-state index in [2.05, 4.69) is 0 Å². The molecule has 1 atom stereocenters. The Kier molecular flexibility index (Phi) is 5.25. The highest BCUT2D eigenvalue weighted by molar-refractivity contribution is 5.71. The molecule has 1 amide bonds. The SMILES string of the molecule is CC(C)CC(C=O)OC(=O)N1CCOCC1. The second-order valence-electron chi connectivity index (χ2n) is 4.29. The van der Waals surface area contributed by atoms with E-state index in [1.807, 2.05) is 13.8 Å². The molecule has 0 aromatic rings. The second kappa shape index (κ2) is 6.48. The van der Waals surface area contributed by atoms with Crippen LogP contribution >= 0.6 is 0 Å². The lowest BCUT2D eigenvalue weighted by Gasteiger charge is -2.27. The summed E-state index contributed by atoms with van der Waals surface area (Å²) in [5.74, 6) is 0.327. The molecule has 1 aliphatic rings. The number of nitrogens with zero attached hydrogens (tertiary/aromatic N) is 1. The molecule has 92 valence electrons. The Morgan fingerprint density at radius 3 is 2.56 bits per heavy atom. The Bertz CT molecular complexity index is 236. The number of hydrogen-bond donors (Lipinski definition) is 0. The first kappa shape index (κ1) is 13.0. The zero-order chi connectivity index (χ0) is 12.0. The molecule has 1 aliphatic heterocycles. The Morgan fingerprint density at radius 1 is 1.44 bits per heavy atom. The molecule has 0 saturated carbocycles.